The number of halogens is 2. The van der Waals surface area contributed by atoms with Crippen LogP contribution >= 0.6 is 0 Å². The predicted molar refractivity (Wildman–Crippen MR) is 93.7 cm³/mol. The molecule has 0 aliphatic carbocycles. The summed E-state index contributed by atoms with van der Waals surface area (Å²) in [5, 5.41) is 0. The van der Waals surface area contributed by atoms with Gasteiger partial charge in [-0.05, 0) is 48.7 Å². The molecule has 24 heavy (non-hydrogen) atoms. The van der Waals surface area contributed by atoms with Gasteiger partial charge in [0.2, 0.25) is 0 Å². The summed E-state index contributed by atoms with van der Waals surface area (Å²) in [5.41, 5.74) is 4.54. The van der Waals surface area contributed by atoms with Gasteiger partial charge in [0, 0.05) is 5.56 Å². The maximum atomic E-state index is 13.8. The largest absolute Gasteiger partial charge is 0.203 e. The van der Waals surface area contributed by atoms with Gasteiger partial charge in [-0.2, -0.15) is 0 Å². The lowest BCUT2D eigenvalue weighted by atomic mass is 10.0. The molecule has 0 heterocycles. The van der Waals surface area contributed by atoms with Crippen LogP contribution in [0.15, 0.2) is 60.7 Å². The van der Waals surface area contributed by atoms with E-state index in [0.29, 0.717) is 0 Å². The molecular weight excluding hydrogens is 302 g/mol. The lowest BCUT2D eigenvalue weighted by Gasteiger charge is -2.02. The third-order valence-corrected chi connectivity index (χ3v) is 3.89. The van der Waals surface area contributed by atoms with Crippen molar-refractivity contribution in [3.05, 3.63) is 94.6 Å². The van der Waals surface area contributed by atoms with Gasteiger partial charge < -0.3 is 0 Å². The van der Waals surface area contributed by atoms with E-state index in [1.54, 1.807) is 0 Å². The van der Waals surface area contributed by atoms with E-state index >= 15 is 0 Å². The van der Waals surface area contributed by atoms with E-state index in [0.717, 1.165) is 16.7 Å². The first-order chi connectivity index (χ1) is 11.5. The van der Waals surface area contributed by atoms with Gasteiger partial charge >= 0.3 is 0 Å². The van der Waals surface area contributed by atoms with Crippen LogP contribution in [-0.4, -0.2) is 0 Å². The topological polar surface area (TPSA) is 0 Å². The molecule has 118 valence electrons. The van der Waals surface area contributed by atoms with Crippen LogP contribution in [-0.2, 0) is 0 Å². The zero-order chi connectivity index (χ0) is 17.1. The van der Waals surface area contributed by atoms with Crippen LogP contribution in [0, 0.1) is 37.3 Å². The number of benzene rings is 3. The van der Waals surface area contributed by atoms with Gasteiger partial charge in [-0.15, -0.1) is 0 Å². The molecule has 0 N–H and O–H groups in total. The first kappa shape index (κ1) is 16.0. The lowest BCUT2D eigenvalue weighted by Crippen LogP contribution is -1.92. The van der Waals surface area contributed by atoms with Crippen LogP contribution < -0.4 is 0 Å². The number of aryl methyl sites for hydroxylation is 2. The first-order valence-electron chi connectivity index (χ1n) is 7.68. The minimum absolute atomic E-state index is 0.0701. The van der Waals surface area contributed by atoms with Gasteiger partial charge in [-0.1, -0.05) is 59.9 Å². The van der Waals surface area contributed by atoms with Crippen molar-refractivity contribution in [2.45, 2.75) is 13.8 Å². The van der Waals surface area contributed by atoms with Crippen LogP contribution in [0.25, 0.3) is 11.1 Å². The second kappa shape index (κ2) is 6.68. The van der Waals surface area contributed by atoms with E-state index in [2.05, 4.69) is 43.0 Å². The molecule has 0 aromatic heterocycles. The highest BCUT2D eigenvalue weighted by atomic mass is 19.2. The van der Waals surface area contributed by atoms with Crippen molar-refractivity contribution in [3.63, 3.8) is 0 Å². The fourth-order valence-corrected chi connectivity index (χ4v) is 2.37. The highest BCUT2D eigenvalue weighted by molar-refractivity contribution is 5.64. The summed E-state index contributed by atoms with van der Waals surface area (Å²) in [7, 11) is 0. The summed E-state index contributed by atoms with van der Waals surface area (Å²) in [4.78, 5) is 0. The van der Waals surface area contributed by atoms with E-state index in [-0.39, 0.29) is 11.1 Å². The van der Waals surface area contributed by atoms with Crippen LogP contribution in [0.3, 0.4) is 0 Å². The molecule has 0 aliphatic rings. The van der Waals surface area contributed by atoms with Crippen LogP contribution in [0.4, 0.5) is 8.78 Å². The molecule has 3 aromatic carbocycles. The molecule has 0 spiro atoms. The van der Waals surface area contributed by atoms with E-state index in [9.17, 15) is 8.78 Å². The average molecular weight is 318 g/mol. The quantitative estimate of drug-likeness (QED) is 0.509. The Morgan fingerprint density at radius 3 is 1.83 bits per heavy atom. The van der Waals surface area contributed by atoms with E-state index in [1.165, 1.54) is 24.6 Å². The fourth-order valence-electron chi connectivity index (χ4n) is 2.37. The van der Waals surface area contributed by atoms with Crippen molar-refractivity contribution in [2.75, 3.05) is 0 Å². The van der Waals surface area contributed by atoms with Crippen molar-refractivity contribution in [1.29, 1.82) is 0 Å². The molecule has 0 fully saturated rings. The molecule has 0 aliphatic heterocycles. The molecule has 2 heteroatoms. The van der Waals surface area contributed by atoms with E-state index in [1.807, 2.05) is 24.3 Å². The molecule has 3 rings (SSSR count). The Hall–Kier alpha value is -2.92. The summed E-state index contributed by atoms with van der Waals surface area (Å²) in [6, 6.07) is 19.0. The van der Waals surface area contributed by atoms with Gasteiger partial charge in [0.25, 0.3) is 0 Å². The molecule has 0 unspecified atom stereocenters. The highest BCUT2D eigenvalue weighted by Gasteiger charge is 2.08. The minimum atomic E-state index is -0.890. The summed E-state index contributed by atoms with van der Waals surface area (Å²) in [5.74, 6) is 3.85. The zero-order valence-corrected chi connectivity index (χ0v) is 13.5. The molecule has 0 atom stereocenters. The van der Waals surface area contributed by atoms with Gasteiger partial charge in [-0.25, -0.2) is 8.78 Å². The molecule has 0 amide bonds. The van der Waals surface area contributed by atoms with Crippen LogP contribution in [0.1, 0.15) is 22.3 Å². The Kier molecular flexibility index (Phi) is 4.44. The molecule has 3 aromatic rings. The van der Waals surface area contributed by atoms with Crippen molar-refractivity contribution < 1.29 is 8.78 Å². The molecule has 0 nitrogen and oxygen atoms in total. The Balaban J connectivity index is 1.85. The predicted octanol–water partition coefficient (Wildman–Crippen LogP) is 5.65. The van der Waals surface area contributed by atoms with Crippen LogP contribution in [0.5, 0.6) is 0 Å². The van der Waals surface area contributed by atoms with Gasteiger partial charge in [0.05, 0.1) is 5.56 Å². The third kappa shape index (κ3) is 3.36. The number of rotatable bonds is 1. The third-order valence-electron chi connectivity index (χ3n) is 3.89. The maximum absolute atomic E-state index is 13.8. The van der Waals surface area contributed by atoms with Crippen LogP contribution in [0.2, 0.25) is 0 Å². The van der Waals surface area contributed by atoms with Gasteiger partial charge in [-0.3, -0.25) is 0 Å². The normalized spacial score (nSPS) is 10.2. The molecule has 0 radical (unpaired) electrons. The SMILES string of the molecule is Cc1ccc(-c2ccc(C#Cc3ccc(C)c(F)c3F)cc2)cc1. The summed E-state index contributed by atoms with van der Waals surface area (Å²) >= 11 is 0. The Labute approximate surface area is 140 Å². The Morgan fingerprint density at radius 2 is 1.21 bits per heavy atom. The summed E-state index contributed by atoms with van der Waals surface area (Å²) < 4.78 is 27.3. The Bertz CT molecular complexity index is 925. The first-order valence-corrected chi connectivity index (χ1v) is 7.68. The van der Waals surface area contributed by atoms with Gasteiger partial charge in [0.1, 0.15) is 0 Å². The Morgan fingerprint density at radius 1 is 0.625 bits per heavy atom. The van der Waals surface area contributed by atoms with Crippen molar-refractivity contribution in [3.8, 4) is 23.0 Å². The summed E-state index contributed by atoms with van der Waals surface area (Å²) in [6.45, 7) is 3.58. The minimum Gasteiger partial charge on any atom is -0.203 e. The standard InChI is InChI=1S/C22H16F2/c1-15-3-9-18(10-4-15)19-12-6-17(7-13-19)8-14-20-11-5-16(2)21(23)22(20)24/h3-7,9-13H,1-2H3. The van der Waals surface area contributed by atoms with E-state index < -0.39 is 11.6 Å². The molecule has 0 saturated heterocycles. The number of hydrogen-bond donors (Lipinski definition) is 0. The molecule has 0 saturated carbocycles. The van der Waals surface area contributed by atoms with Crippen molar-refractivity contribution in [1.82, 2.24) is 0 Å². The monoisotopic (exact) mass is 318 g/mol. The maximum Gasteiger partial charge on any atom is 0.174 e. The second-order valence-corrected chi connectivity index (χ2v) is 5.75. The molecular formula is C22H16F2. The van der Waals surface area contributed by atoms with Crippen molar-refractivity contribution >= 4 is 0 Å². The highest BCUT2D eigenvalue weighted by Crippen LogP contribution is 2.20. The fraction of sp³-hybridized carbons (Fsp3) is 0.0909. The van der Waals surface area contributed by atoms with Gasteiger partial charge in [0.15, 0.2) is 11.6 Å². The molecule has 0 bridgehead atoms. The summed E-state index contributed by atoms with van der Waals surface area (Å²) in [6.07, 6.45) is 0. The smallest absolute Gasteiger partial charge is 0.174 e. The lowest BCUT2D eigenvalue weighted by molar-refractivity contribution is 0.501. The zero-order valence-electron chi connectivity index (χ0n) is 13.5. The van der Waals surface area contributed by atoms with Crippen molar-refractivity contribution in [2.24, 2.45) is 0 Å². The van der Waals surface area contributed by atoms with E-state index in [4.69, 9.17) is 0 Å². The number of hydrogen-bond acceptors (Lipinski definition) is 0. The second-order valence-electron chi connectivity index (χ2n) is 5.75. The average Bonchev–Trinajstić information content (AvgIpc) is 2.60.